The number of ether oxygens (including phenoxy) is 2. The quantitative estimate of drug-likeness (QED) is 0.298. The van der Waals surface area contributed by atoms with Crippen LogP contribution < -0.4 is 0 Å². The second-order valence-electron chi connectivity index (χ2n) is 8.55. The minimum atomic E-state index is -8.03. The normalized spacial score (nSPS) is 19.8. The summed E-state index contributed by atoms with van der Waals surface area (Å²) >= 11 is 0. The fraction of sp³-hybridized carbons (Fsp3) is 0.650. The number of benzene rings is 1. The molecule has 1 heterocycles. The van der Waals surface area contributed by atoms with E-state index in [-0.39, 0.29) is 11.4 Å². The highest BCUT2D eigenvalue weighted by Crippen LogP contribution is 2.56. The zero-order chi connectivity index (χ0) is 32.8. The summed E-state index contributed by atoms with van der Waals surface area (Å²) in [6.45, 7) is -2.64. The number of amides is 1. The molecule has 2 rings (SSSR count). The van der Waals surface area contributed by atoms with Crippen LogP contribution in [-0.2, 0) is 20.8 Å². The van der Waals surface area contributed by atoms with Gasteiger partial charge in [-0.1, -0.05) is 30.3 Å². The lowest BCUT2D eigenvalue weighted by atomic mass is 10.1. The highest BCUT2D eigenvalue weighted by molar-refractivity contribution is 5.84. The number of nitrogens with zero attached hydrogens (tertiary/aromatic N) is 2. The Bertz CT molecular complexity index is 1080. The van der Waals surface area contributed by atoms with E-state index in [0.717, 1.165) is 0 Å². The topological polar surface area (TPSA) is 42.0 Å². The Morgan fingerprint density at radius 1 is 0.619 bits per heavy atom. The number of hydrogen-bond acceptors (Lipinski definition) is 4. The van der Waals surface area contributed by atoms with E-state index in [4.69, 9.17) is 0 Å². The maximum absolute atomic E-state index is 14.9. The summed E-state index contributed by atoms with van der Waals surface area (Å²) in [5, 5.41) is 0. The van der Waals surface area contributed by atoms with Crippen molar-refractivity contribution in [3.8, 4) is 0 Å². The van der Waals surface area contributed by atoms with Gasteiger partial charge in [-0.05, 0) is 5.56 Å². The first-order valence-corrected chi connectivity index (χ1v) is 10.8. The van der Waals surface area contributed by atoms with Gasteiger partial charge in [0.2, 0.25) is 0 Å². The van der Waals surface area contributed by atoms with Gasteiger partial charge in [0, 0.05) is 32.7 Å². The molecule has 0 radical (unpaired) electrons. The Kier molecular flexibility index (Phi) is 9.44. The smallest absolute Gasteiger partial charge is 0.335 e. The number of piperazine rings is 1. The van der Waals surface area contributed by atoms with E-state index in [1.165, 1.54) is 9.64 Å². The van der Waals surface area contributed by atoms with Crippen LogP contribution >= 0.6 is 0 Å². The third-order valence-corrected chi connectivity index (χ3v) is 5.55. The van der Waals surface area contributed by atoms with Gasteiger partial charge in [0.1, 0.15) is 0 Å². The van der Waals surface area contributed by atoms with Gasteiger partial charge >= 0.3 is 48.4 Å². The zero-order valence-electron chi connectivity index (χ0n) is 20.0. The van der Waals surface area contributed by atoms with Crippen molar-refractivity contribution in [2.45, 2.75) is 54.9 Å². The van der Waals surface area contributed by atoms with Crippen LogP contribution in [0.1, 0.15) is 5.56 Å². The van der Waals surface area contributed by atoms with Gasteiger partial charge in [0.25, 0.3) is 5.91 Å². The van der Waals surface area contributed by atoms with Crippen LogP contribution in [0.2, 0.25) is 0 Å². The lowest BCUT2D eigenvalue weighted by molar-refractivity contribution is -0.548. The van der Waals surface area contributed by atoms with Crippen LogP contribution in [0.4, 0.5) is 74.6 Å². The summed E-state index contributed by atoms with van der Waals surface area (Å²) in [5.41, 5.74) is 0.620. The first-order valence-electron chi connectivity index (χ1n) is 10.8. The molecule has 0 bridgehead atoms. The third-order valence-electron chi connectivity index (χ3n) is 5.55. The average Bonchev–Trinajstić information content (AvgIpc) is 2.81. The molecule has 1 aromatic rings. The molecule has 1 fully saturated rings. The number of rotatable bonds is 9. The van der Waals surface area contributed by atoms with Gasteiger partial charge in [-0.15, -0.1) is 0 Å². The van der Waals surface area contributed by atoms with E-state index in [2.05, 4.69) is 4.74 Å². The van der Waals surface area contributed by atoms with Crippen molar-refractivity contribution < 1.29 is 88.9 Å². The molecule has 0 aromatic heterocycles. The Morgan fingerprint density at radius 3 is 1.50 bits per heavy atom. The highest BCUT2D eigenvalue weighted by atomic mass is 19.4. The molecule has 0 spiro atoms. The summed E-state index contributed by atoms with van der Waals surface area (Å²) in [4.78, 5) is 13.4. The molecular formula is C20H15F17N2O3. The van der Waals surface area contributed by atoms with Crippen LogP contribution in [-0.4, -0.2) is 90.3 Å². The lowest BCUT2D eigenvalue weighted by Gasteiger charge is -2.42. The Labute approximate surface area is 222 Å². The Hall–Kier alpha value is -2.62. The zero-order valence-corrected chi connectivity index (χ0v) is 20.0. The summed E-state index contributed by atoms with van der Waals surface area (Å²) in [5.74, 6) is -25.9. The molecule has 0 saturated carbocycles. The number of carbonyl (C=O) groups excluding carboxylic acids is 1. The first kappa shape index (κ1) is 35.6. The number of hydrogen-bond donors (Lipinski definition) is 0. The van der Waals surface area contributed by atoms with Crippen LogP contribution in [0.15, 0.2) is 30.3 Å². The molecule has 0 aliphatic carbocycles. The molecule has 0 N–H and O–H groups in total. The van der Waals surface area contributed by atoms with Gasteiger partial charge in [0.05, 0.1) is 0 Å². The predicted octanol–water partition coefficient (Wildman–Crippen LogP) is 6.20. The number of alkyl halides is 17. The fourth-order valence-electron chi connectivity index (χ4n) is 3.31. The van der Waals surface area contributed by atoms with Gasteiger partial charge in [0.15, 0.2) is 0 Å². The second kappa shape index (κ2) is 11.1. The lowest BCUT2D eigenvalue weighted by Crippen LogP contribution is -2.69. The first-order chi connectivity index (χ1) is 18.6. The molecule has 242 valence electrons. The monoisotopic (exact) mass is 654 g/mol. The van der Waals surface area contributed by atoms with Crippen molar-refractivity contribution in [3.63, 3.8) is 0 Å². The van der Waals surface area contributed by atoms with E-state index >= 15 is 0 Å². The maximum atomic E-state index is 14.9. The van der Waals surface area contributed by atoms with Crippen LogP contribution in [0.5, 0.6) is 0 Å². The molecule has 2 atom stereocenters. The van der Waals surface area contributed by atoms with E-state index in [0.29, 0.717) is 5.56 Å². The molecule has 1 aromatic carbocycles. The number of carbonyl (C=O) groups is 1. The van der Waals surface area contributed by atoms with E-state index in [1.807, 2.05) is 0 Å². The number of halogens is 17. The van der Waals surface area contributed by atoms with Crippen molar-refractivity contribution in [1.82, 2.24) is 9.80 Å². The van der Waals surface area contributed by atoms with Gasteiger partial charge in [-0.25, -0.2) is 0 Å². The Balaban J connectivity index is 2.40. The summed E-state index contributed by atoms with van der Waals surface area (Å²) in [6.07, 6.45) is -38.4. The summed E-state index contributed by atoms with van der Waals surface area (Å²) in [7, 11) is 0. The SMILES string of the molecule is O=C(N1CCN(Cc2ccccc2)CC1)C(F)(OC(F)(F)C(F)(OC(F)(F)C(F)(F)C(F)(F)F)C(F)(F)F)C(F)(F)F. The molecule has 22 heteroatoms. The molecule has 1 amide bonds. The van der Waals surface area contributed by atoms with Crippen LogP contribution in [0.25, 0.3) is 0 Å². The predicted molar refractivity (Wildman–Crippen MR) is 101 cm³/mol. The highest BCUT2D eigenvalue weighted by Gasteiger charge is 2.85. The van der Waals surface area contributed by atoms with Crippen molar-refractivity contribution in [2.75, 3.05) is 26.2 Å². The Morgan fingerprint density at radius 2 is 1.10 bits per heavy atom. The third kappa shape index (κ3) is 6.63. The van der Waals surface area contributed by atoms with Gasteiger partial charge in [-0.3, -0.25) is 19.2 Å². The van der Waals surface area contributed by atoms with Crippen LogP contribution in [0.3, 0.4) is 0 Å². The standard InChI is InChI=1S/C20H15F17N2O3/c21-13(16(25,26)27,12(40)39-8-6-38(7-9-39)10-11-4-2-1-3-5-11)41-20(36,37)15(24,18(31,32)33)42-19(34,35)14(22,23)17(28,29)30/h1-5H,6-10H2. The molecule has 42 heavy (non-hydrogen) atoms. The minimum absolute atomic E-state index is 0.0849. The molecule has 1 saturated heterocycles. The van der Waals surface area contributed by atoms with Crippen molar-refractivity contribution in [2.24, 2.45) is 0 Å². The minimum Gasteiger partial charge on any atom is -0.335 e. The largest absolute Gasteiger partial charge is 0.462 e. The van der Waals surface area contributed by atoms with Gasteiger partial charge in [-0.2, -0.15) is 74.6 Å². The molecule has 1 aliphatic heterocycles. The molecule has 5 nitrogen and oxygen atoms in total. The van der Waals surface area contributed by atoms with Crippen molar-refractivity contribution in [3.05, 3.63) is 35.9 Å². The van der Waals surface area contributed by atoms with Crippen molar-refractivity contribution >= 4 is 5.91 Å². The van der Waals surface area contributed by atoms with E-state index in [9.17, 15) is 79.4 Å². The molecule has 1 aliphatic rings. The molecular weight excluding hydrogens is 639 g/mol. The van der Waals surface area contributed by atoms with Crippen molar-refractivity contribution in [1.29, 1.82) is 0 Å². The maximum Gasteiger partial charge on any atom is 0.462 e. The molecule has 2 unspecified atom stereocenters. The average molecular weight is 654 g/mol. The summed E-state index contributed by atoms with van der Waals surface area (Å²) in [6, 6.07) is 7.96. The second-order valence-corrected chi connectivity index (χ2v) is 8.55. The van der Waals surface area contributed by atoms with Crippen LogP contribution in [0, 0.1) is 0 Å². The van der Waals surface area contributed by atoms with Gasteiger partial charge < -0.3 is 4.90 Å². The van der Waals surface area contributed by atoms with E-state index in [1.54, 1.807) is 30.3 Å². The summed E-state index contributed by atoms with van der Waals surface area (Å²) < 4.78 is 230. The fourth-order valence-corrected chi connectivity index (χ4v) is 3.31. The van der Waals surface area contributed by atoms with E-state index < -0.39 is 80.5 Å².